The molecule has 0 heterocycles. The highest BCUT2D eigenvalue weighted by Gasteiger charge is 2.34. The fraction of sp³-hybridized carbons (Fsp3) is 0.333. The SMILES string of the molecule is O=[N+]([O-])C1=CC(Cl)(Br)C(O)C=C1. The molecule has 12 heavy (non-hydrogen) atoms. The second-order valence-electron chi connectivity index (χ2n) is 2.30. The Hall–Kier alpha value is -0.390. The van der Waals surface area contributed by atoms with E-state index in [-0.39, 0.29) is 5.70 Å². The molecule has 2 atom stereocenters. The van der Waals surface area contributed by atoms with Gasteiger partial charge in [0.2, 0.25) is 0 Å². The van der Waals surface area contributed by atoms with Gasteiger partial charge in [-0.1, -0.05) is 27.5 Å². The maximum Gasteiger partial charge on any atom is 0.267 e. The Morgan fingerprint density at radius 3 is 2.83 bits per heavy atom. The van der Waals surface area contributed by atoms with Gasteiger partial charge in [0.05, 0.1) is 4.92 Å². The van der Waals surface area contributed by atoms with Crippen molar-refractivity contribution in [3.05, 3.63) is 34.0 Å². The van der Waals surface area contributed by atoms with Gasteiger partial charge in [-0.3, -0.25) is 10.1 Å². The predicted octanol–water partition coefficient (Wildman–Crippen LogP) is 1.41. The molecular weight excluding hydrogens is 249 g/mol. The minimum Gasteiger partial charge on any atom is -0.386 e. The summed E-state index contributed by atoms with van der Waals surface area (Å²) in [4.78, 5) is 9.71. The first-order chi connectivity index (χ1) is 5.43. The lowest BCUT2D eigenvalue weighted by atomic mass is 10.1. The van der Waals surface area contributed by atoms with Gasteiger partial charge in [0.15, 0.2) is 3.78 Å². The summed E-state index contributed by atoms with van der Waals surface area (Å²) in [6, 6.07) is 0. The zero-order chi connectivity index (χ0) is 9.35. The van der Waals surface area contributed by atoms with Gasteiger partial charge in [-0.25, -0.2) is 0 Å². The standard InChI is InChI=1S/C6H5BrClNO3/c7-6(8)3-4(9(11)12)1-2-5(6)10/h1-3,5,10H. The number of aliphatic hydroxyl groups is 1. The van der Waals surface area contributed by atoms with E-state index in [2.05, 4.69) is 15.9 Å². The van der Waals surface area contributed by atoms with Crippen LogP contribution in [0.4, 0.5) is 0 Å². The van der Waals surface area contributed by atoms with Gasteiger partial charge in [0.25, 0.3) is 5.70 Å². The monoisotopic (exact) mass is 253 g/mol. The summed E-state index contributed by atoms with van der Waals surface area (Å²) in [6.07, 6.45) is 2.67. The van der Waals surface area contributed by atoms with Crippen molar-refractivity contribution in [2.45, 2.75) is 9.89 Å². The van der Waals surface area contributed by atoms with Crippen LogP contribution in [0.5, 0.6) is 0 Å². The summed E-state index contributed by atoms with van der Waals surface area (Å²) in [5.74, 6) is 0. The second kappa shape index (κ2) is 3.16. The molecule has 0 amide bonds. The van der Waals surface area contributed by atoms with Crippen molar-refractivity contribution in [2.24, 2.45) is 0 Å². The van der Waals surface area contributed by atoms with E-state index in [1.165, 1.54) is 12.2 Å². The van der Waals surface area contributed by atoms with Crippen molar-refractivity contribution in [1.82, 2.24) is 0 Å². The second-order valence-corrected chi connectivity index (χ2v) is 4.70. The van der Waals surface area contributed by atoms with E-state index in [9.17, 15) is 15.2 Å². The van der Waals surface area contributed by atoms with Crippen molar-refractivity contribution in [1.29, 1.82) is 0 Å². The van der Waals surface area contributed by atoms with Crippen molar-refractivity contribution in [3.8, 4) is 0 Å². The molecule has 0 aromatic rings. The van der Waals surface area contributed by atoms with E-state index in [1.54, 1.807) is 0 Å². The third-order valence-electron chi connectivity index (χ3n) is 1.39. The van der Waals surface area contributed by atoms with Crippen LogP contribution in [-0.2, 0) is 0 Å². The fourth-order valence-corrected chi connectivity index (χ4v) is 1.33. The highest BCUT2D eigenvalue weighted by molar-refractivity contribution is 9.10. The average Bonchev–Trinajstić information content (AvgIpc) is 1.94. The number of hydrogen-bond donors (Lipinski definition) is 1. The number of alkyl halides is 2. The van der Waals surface area contributed by atoms with Gasteiger partial charge < -0.3 is 5.11 Å². The molecule has 0 spiro atoms. The summed E-state index contributed by atoms with van der Waals surface area (Å²) in [5.41, 5.74) is -0.132. The van der Waals surface area contributed by atoms with E-state index in [1.807, 2.05) is 0 Å². The van der Waals surface area contributed by atoms with E-state index in [4.69, 9.17) is 11.6 Å². The molecule has 0 aliphatic heterocycles. The zero-order valence-corrected chi connectivity index (χ0v) is 8.12. The molecule has 0 radical (unpaired) electrons. The van der Waals surface area contributed by atoms with Crippen molar-refractivity contribution in [2.75, 3.05) is 0 Å². The molecule has 6 heteroatoms. The van der Waals surface area contributed by atoms with Crippen molar-refractivity contribution < 1.29 is 10.0 Å². The van der Waals surface area contributed by atoms with Gasteiger partial charge in [-0.15, -0.1) is 0 Å². The van der Waals surface area contributed by atoms with Crippen LogP contribution in [0, 0.1) is 10.1 Å². The highest BCUT2D eigenvalue weighted by Crippen LogP contribution is 2.34. The van der Waals surface area contributed by atoms with E-state index in [0.717, 1.165) is 6.08 Å². The molecule has 0 aromatic carbocycles. The molecule has 0 fully saturated rings. The predicted molar refractivity (Wildman–Crippen MR) is 47.7 cm³/mol. The largest absolute Gasteiger partial charge is 0.386 e. The molecule has 0 saturated carbocycles. The summed E-state index contributed by atoms with van der Waals surface area (Å²) in [6.45, 7) is 0. The third-order valence-corrected chi connectivity index (χ3v) is 2.43. The molecule has 2 unspecified atom stereocenters. The molecule has 0 bridgehead atoms. The molecule has 0 saturated heterocycles. The molecule has 1 rings (SSSR count). The maximum absolute atomic E-state index is 10.3. The Balaban J connectivity index is 2.97. The van der Waals surface area contributed by atoms with Crippen LogP contribution >= 0.6 is 27.5 Å². The molecule has 4 nitrogen and oxygen atoms in total. The minimum absolute atomic E-state index is 0.132. The lowest BCUT2D eigenvalue weighted by Crippen LogP contribution is -2.29. The lowest BCUT2D eigenvalue weighted by Gasteiger charge is -2.21. The Morgan fingerprint density at radius 2 is 2.42 bits per heavy atom. The molecule has 1 aliphatic rings. The lowest BCUT2D eigenvalue weighted by molar-refractivity contribution is -0.419. The first kappa shape index (κ1) is 9.70. The minimum atomic E-state index is -1.26. The van der Waals surface area contributed by atoms with Gasteiger partial charge in [0.1, 0.15) is 6.10 Å². The normalized spacial score (nSPS) is 34.6. The number of halogens is 2. The van der Waals surface area contributed by atoms with Gasteiger partial charge in [-0.2, -0.15) is 0 Å². The molecule has 1 N–H and O–H groups in total. The van der Waals surface area contributed by atoms with Crippen LogP contribution in [0.1, 0.15) is 0 Å². The van der Waals surface area contributed by atoms with E-state index < -0.39 is 14.8 Å². The Labute approximate surface area is 81.8 Å². The number of allylic oxidation sites excluding steroid dienone is 1. The Kier molecular flexibility index (Phi) is 2.55. The number of rotatable bonds is 1. The van der Waals surface area contributed by atoms with Crippen LogP contribution in [0.2, 0.25) is 0 Å². The molecule has 1 aliphatic carbocycles. The highest BCUT2D eigenvalue weighted by atomic mass is 79.9. The van der Waals surface area contributed by atoms with E-state index in [0.29, 0.717) is 0 Å². The van der Waals surface area contributed by atoms with Gasteiger partial charge in [0, 0.05) is 12.2 Å². The molecular formula is C6H5BrClNO3. The number of nitro groups is 1. The molecule has 0 aromatic heterocycles. The number of nitrogens with zero attached hydrogens (tertiary/aromatic N) is 1. The quantitative estimate of drug-likeness (QED) is 0.437. The third kappa shape index (κ3) is 1.85. The first-order valence-electron chi connectivity index (χ1n) is 3.05. The number of hydrogen-bond acceptors (Lipinski definition) is 3. The average molecular weight is 254 g/mol. The van der Waals surface area contributed by atoms with Crippen LogP contribution in [0.15, 0.2) is 23.9 Å². The van der Waals surface area contributed by atoms with Crippen LogP contribution < -0.4 is 0 Å². The Morgan fingerprint density at radius 1 is 1.83 bits per heavy atom. The van der Waals surface area contributed by atoms with Crippen molar-refractivity contribution >= 4 is 27.5 Å². The van der Waals surface area contributed by atoms with E-state index >= 15 is 0 Å². The zero-order valence-electron chi connectivity index (χ0n) is 5.78. The first-order valence-corrected chi connectivity index (χ1v) is 4.22. The number of aliphatic hydroxyl groups excluding tert-OH is 1. The van der Waals surface area contributed by atoms with Crippen molar-refractivity contribution in [3.63, 3.8) is 0 Å². The molecule has 66 valence electrons. The van der Waals surface area contributed by atoms with Crippen LogP contribution in [0.3, 0.4) is 0 Å². The van der Waals surface area contributed by atoms with Gasteiger partial charge >= 0.3 is 0 Å². The van der Waals surface area contributed by atoms with Crippen LogP contribution in [-0.4, -0.2) is 19.9 Å². The summed E-state index contributed by atoms with van der Waals surface area (Å²) < 4.78 is -1.26. The smallest absolute Gasteiger partial charge is 0.267 e. The Bertz CT molecular complexity index is 274. The fourth-order valence-electron chi connectivity index (χ4n) is 0.762. The maximum atomic E-state index is 10.3. The van der Waals surface area contributed by atoms with Gasteiger partial charge in [-0.05, 0) is 6.08 Å². The summed E-state index contributed by atoms with van der Waals surface area (Å²) in [7, 11) is 0. The topological polar surface area (TPSA) is 63.4 Å². The summed E-state index contributed by atoms with van der Waals surface area (Å²) in [5, 5.41) is 19.5. The van der Waals surface area contributed by atoms with Crippen LogP contribution in [0.25, 0.3) is 0 Å². The summed E-state index contributed by atoms with van der Waals surface area (Å²) >= 11 is 8.65.